The van der Waals surface area contributed by atoms with Gasteiger partial charge in [-0.3, -0.25) is 0 Å². The summed E-state index contributed by atoms with van der Waals surface area (Å²) < 4.78 is 3.23. The Morgan fingerprint density at radius 1 is 1.23 bits per heavy atom. The Labute approximate surface area is 195 Å². The van der Waals surface area contributed by atoms with Crippen LogP contribution in [-0.2, 0) is 4.79 Å². The standard InChI is InChI=1S/C23H23ClI2N3O/c24-18-8-6-16(7-9-18)23-20-3-1-2-17(22(20)28-29(23)21(30)13-27)12-15-4-10-19(11-5-15)26-14-25-26/h4-12,20,23H,1-3,13-14,27H2/q-1/b17-12+. The molecule has 4 nitrogen and oxygen atoms in total. The van der Waals surface area contributed by atoms with E-state index in [1.807, 2.05) is 24.3 Å². The fraction of sp³-hybridized carbons (Fsp3) is 0.304. The van der Waals surface area contributed by atoms with Crippen LogP contribution in [0.5, 0.6) is 0 Å². The molecule has 2 unspecified atom stereocenters. The van der Waals surface area contributed by atoms with Crippen LogP contribution in [0.25, 0.3) is 6.08 Å². The van der Waals surface area contributed by atoms with Crippen LogP contribution in [0.1, 0.15) is 36.4 Å². The molecule has 5 rings (SSSR count). The zero-order valence-corrected chi connectivity index (χ0v) is 21.5. The number of halogens is 3. The van der Waals surface area contributed by atoms with Gasteiger partial charge < -0.3 is 0 Å². The fourth-order valence-corrected chi connectivity index (χ4v) is 18.3. The third-order valence-corrected chi connectivity index (χ3v) is 20.2. The van der Waals surface area contributed by atoms with Crippen LogP contribution in [0.4, 0.5) is 0 Å². The molecule has 3 aliphatic rings. The topological polar surface area (TPSA) is 58.7 Å². The summed E-state index contributed by atoms with van der Waals surface area (Å²) >= 11 is 6.08. The molecule has 2 atom stereocenters. The number of alkyl halides is 2. The number of hydrogen-bond donors (Lipinski definition) is 1. The van der Waals surface area contributed by atoms with E-state index in [2.05, 4.69) is 30.3 Å². The first-order valence-corrected chi connectivity index (χ1v) is 20.9. The first-order valence-electron chi connectivity index (χ1n) is 10.1. The van der Waals surface area contributed by atoms with Gasteiger partial charge in [0, 0.05) is 5.02 Å². The molecule has 2 aromatic carbocycles. The van der Waals surface area contributed by atoms with Crippen molar-refractivity contribution in [2.75, 3.05) is 8.98 Å². The minimum absolute atomic E-state index is 0.0394. The third-order valence-electron chi connectivity index (χ3n) is 5.79. The van der Waals surface area contributed by atoms with Gasteiger partial charge in [0.2, 0.25) is 0 Å². The van der Waals surface area contributed by atoms with E-state index in [9.17, 15) is 4.79 Å². The molecule has 2 aliphatic heterocycles. The fourth-order valence-electron chi connectivity index (χ4n) is 4.33. The molecule has 2 N–H and O–H groups in total. The SMILES string of the molecule is NCC(=O)N1N=C2/C(=C/c3ccc(I4C[I-]4)cc3)CCCC2C1c1ccc(Cl)cc1. The van der Waals surface area contributed by atoms with Crippen LogP contribution in [0.3, 0.4) is 0 Å². The summed E-state index contributed by atoms with van der Waals surface area (Å²) in [5, 5.41) is 7.14. The number of rotatable bonds is 4. The second-order valence-corrected chi connectivity index (χ2v) is 26.6. The second kappa shape index (κ2) is 8.88. The van der Waals surface area contributed by atoms with Crippen molar-refractivity contribution < 1.29 is 22.0 Å². The summed E-state index contributed by atoms with van der Waals surface area (Å²) in [6.07, 6.45) is 5.39. The third kappa shape index (κ3) is 4.20. The van der Waals surface area contributed by atoms with Crippen molar-refractivity contribution >= 4 is 45.1 Å². The zero-order valence-electron chi connectivity index (χ0n) is 16.4. The number of allylic oxidation sites excluding steroid dienone is 1. The van der Waals surface area contributed by atoms with Gasteiger partial charge in [0.25, 0.3) is 0 Å². The van der Waals surface area contributed by atoms with Gasteiger partial charge >= 0.3 is 180 Å². The van der Waals surface area contributed by atoms with E-state index in [0.29, 0.717) is 22.3 Å². The molecule has 1 amide bonds. The van der Waals surface area contributed by atoms with E-state index in [1.54, 1.807) is 11.0 Å². The maximum absolute atomic E-state index is 12.6. The molecule has 0 radical (unpaired) electrons. The molecular weight excluding hydrogens is 624 g/mol. The average Bonchev–Trinajstić information content (AvgIpc) is 3.55. The van der Waals surface area contributed by atoms with Gasteiger partial charge in [0.1, 0.15) is 0 Å². The van der Waals surface area contributed by atoms with Crippen molar-refractivity contribution in [1.82, 2.24) is 5.01 Å². The maximum atomic E-state index is 12.6. The molecule has 0 spiro atoms. The predicted octanol–water partition coefficient (Wildman–Crippen LogP) is 2.07. The van der Waals surface area contributed by atoms with Crippen molar-refractivity contribution in [3.05, 3.63) is 73.8 Å². The van der Waals surface area contributed by atoms with Gasteiger partial charge in [-0.25, -0.2) is 0 Å². The summed E-state index contributed by atoms with van der Waals surface area (Å²) in [5.74, 6) is 0.0596. The quantitative estimate of drug-likeness (QED) is 0.409. The normalized spacial score (nSPS) is 25.5. The molecule has 1 aliphatic carbocycles. The first kappa shape index (κ1) is 20.9. The van der Waals surface area contributed by atoms with Crippen molar-refractivity contribution in [3.63, 3.8) is 0 Å². The number of amides is 1. The van der Waals surface area contributed by atoms with E-state index in [4.69, 9.17) is 22.4 Å². The predicted molar refractivity (Wildman–Crippen MR) is 127 cm³/mol. The molecule has 2 heterocycles. The molecule has 158 valence electrons. The molecular formula is C23H23ClI2N3O-. The Balaban J connectivity index is 1.48. The van der Waals surface area contributed by atoms with Crippen molar-refractivity contribution in [1.29, 1.82) is 0 Å². The number of carbonyl (C=O) groups excluding carboxylic acids is 1. The summed E-state index contributed by atoms with van der Waals surface area (Å²) in [6, 6.07) is 16.9. The number of fused-ring (bicyclic) bond motifs is 1. The Morgan fingerprint density at radius 2 is 1.97 bits per heavy atom. The van der Waals surface area contributed by atoms with Crippen LogP contribution in [0.15, 0.2) is 59.2 Å². The summed E-state index contributed by atoms with van der Waals surface area (Å²) in [7, 11) is 0. The number of nitrogens with two attached hydrogens (primary N) is 1. The molecule has 1 saturated carbocycles. The van der Waals surface area contributed by atoms with Crippen molar-refractivity contribution in [2.45, 2.75) is 25.3 Å². The van der Waals surface area contributed by atoms with Gasteiger partial charge in [0.05, 0.1) is 0 Å². The van der Waals surface area contributed by atoms with Crippen LogP contribution < -0.4 is 23.0 Å². The van der Waals surface area contributed by atoms with Crippen LogP contribution in [0, 0.1) is 9.49 Å². The monoisotopic (exact) mass is 646 g/mol. The van der Waals surface area contributed by atoms with E-state index < -0.39 is 15.8 Å². The van der Waals surface area contributed by atoms with Crippen LogP contribution in [-0.4, -0.2) is 25.6 Å². The van der Waals surface area contributed by atoms with Crippen LogP contribution >= 0.6 is 27.4 Å². The molecule has 7 heteroatoms. The molecule has 30 heavy (non-hydrogen) atoms. The Bertz CT molecular complexity index is 1020. The second-order valence-electron chi connectivity index (χ2n) is 7.65. The van der Waals surface area contributed by atoms with Gasteiger partial charge in [-0.05, 0) is 0 Å². The number of carbonyl (C=O) groups is 1. The molecule has 0 bridgehead atoms. The van der Waals surface area contributed by atoms with E-state index in [1.165, 1.54) is 11.1 Å². The summed E-state index contributed by atoms with van der Waals surface area (Å²) in [4.78, 5) is 12.6. The van der Waals surface area contributed by atoms with Crippen molar-refractivity contribution in [2.24, 2.45) is 16.8 Å². The Kier molecular flexibility index (Phi) is 6.19. The number of nitrogens with zero attached hydrogens (tertiary/aromatic N) is 2. The van der Waals surface area contributed by atoms with E-state index in [-0.39, 0.29) is 24.4 Å². The van der Waals surface area contributed by atoms with Crippen LogP contribution in [0.2, 0.25) is 5.02 Å². The van der Waals surface area contributed by atoms with E-state index in [0.717, 1.165) is 30.5 Å². The molecule has 2 aromatic rings. The Morgan fingerprint density at radius 3 is 2.63 bits per heavy atom. The first-order chi connectivity index (χ1) is 14.6. The van der Waals surface area contributed by atoms with Gasteiger partial charge in [-0.15, -0.1) is 0 Å². The number of hydrazone groups is 1. The number of hydrogen-bond acceptors (Lipinski definition) is 3. The average molecular weight is 647 g/mol. The molecule has 0 aromatic heterocycles. The molecule has 1 saturated heterocycles. The van der Waals surface area contributed by atoms with Gasteiger partial charge in [-0.2, -0.15) is 0 Å². The summed E-state index contributed by atoms with van der Waals surface area (Å²) in [5.41, 5.74) is 10.3. The Hall–Kier alpha value is -0.970. The van der Waals surface area contributed by atoms with Gasteiger partial charge in [0.15, 0.2) is 0 Å². The van der Waals surface area contributed by atoms with Gasteiger partial charge in [-0.1, -0.05) is 11.6 Å². The summed E-state index contributed by atoms with van der Waals surface area (Å²) in [6.45, 7) is -0.0394. The number of benzene rings is 2. The zero-order chi connectivity index (χ0) is 20.7. The van der Waals surface area contributed by atoms with Crippen molar-refractivity contribution in [3.8, 4) is 0 Å². The molecule has 2 fully saturated rings. The minimum atomic E-state index is -0.601. The van der Waals surface area contributed by atoms with E-state index >= 15 is 0 Å².